The summed E-state index contributed by atoms with van der Waals surface area (Å²) in [6.07, 6.45) is 0. The number of carbonyl (C=O) groups excluding carboxylic acids is 2. The van der Waals surface area contributed by atoms with Crippen molar-refractivity contribution >= 4 is 40.5 Å². The molecule has 0 saturated heterocycles. The molecule has 0 aliphatic rings. The van der Waals surface area contributed by atoms with Crippen molar-refractivity contribution in [3.8, 4) is 0 Å². The molecule has 0 aliphatic carbocycles. The molecule has 0 heterocycles. The van der Waals surface area contributed by atoms with Crippen LogP contribution in [-0.2, 0) is 9.59 Å². The van der Waals surface area contributed by atoms with Crippen LogP contribution in [0.5, 0.6) is 0 Å². The Bertz CT molecular complexity index is 684. The van der Waals surface area contributed by atoms with Crippen molar-refractivity contribution < 1.29 is 9.59 Å². The summed E-state index contributed by atoms with van der Waals surface area (Å²) in [6.45, 7) is 1.97. The van der Waals surface area contributed by atoms with E-state index in [0.717, 1.165) is 11.3 Å². The zero-order chi connectivity index (χ0) is 15.9. The van der Waals surface area contributed by atoms with Crippen molar-refractivity contribution in [1.29, 1.82) is 0 Å². The first-order valence-corrected chi connectivity index (χ1v) is 7.00. The predicted octanol–water partition coefficient (Wildman–Crippen LogP) is 2.45. The smallest absolute Gasteiger partial charge is 0.315 e. The second-order valence-corrected chi connectivity index (χ2v) is 5.00. The molecule has 2 aromatic rings. The Balaban J connectivity index is 1.86. The van der Waals surface area contributed by atoms with E-state index in [0.29, 0.717) is 5.69 Å². The van der Waals surface area contributed by atoms with E-state index in [1.165, 1.54) is 0 Å². The van der Waals surface area contributed by atoms with Gasteiger partial charge in [0.15, 0.2) is 5.11 Å². The summed E-state index contributed by atoms with van der Waals surface area (Å²) in [6, 6.07) is 16.2. The lowest BCUT2D eigenvalue weighted by molar-refractivity contribution is -0.135. The Hall–Kier alpha value is -2.73. The van der Waals surface area contributed by atoms with Gasteiger partial charge in [-0.1, -0.05) is 35.9 Å². The lowest BCUT2D eigenvalue weighted by atomic mass is 10.2. The third-order valence-electron chi connectivity index (χ3n) is 2.77. The second-order valence-electron chi connectivity index (χ2n) is 4.59. The summed E-state index contributed by atoms with van der Waals surface area (Å²) in [4.78, 5) is 23.5. The van der Waals surface area contributed by atoms with Crippen LogP contribution in [0.2, 0.25) is 0 Å². The minimum atomic E-state index is -0.825. The fraction of sp³-hybridized carbons (Fsp3) is 0.0625. The Morgan fingerprint density at radius 2 is 1.41 bits per heavy atom. The molecule has 0 radical (unpaired) electrons. The first kappa shape index (κ1) is 15.7. The van der Waals surface area contributed by atoms with Crippen molar-refractivity contribution in [3.63, 3.8) is 0 Å². The van der Waals surface area contributed by atoms with Crippen LogP contribution in [0.1, 0.15) is 5.56 Å². The number of aryl methyl sites for hydroxylation is 1. The highest BCUT2D eigenvalue weighted by Crippen LogP contribution is 2.08. The van der Waals surface area contributed by atoms with Gasteiger partial charge in [-0.15, -0.1) is 0 Å². The van der Waals surface area contributed by atoms with Crippen LogP contribution in [0.4, 0.5) is 11.4 Å². The van der Waals surface area contributed by atoms with Crippen LogP contribution in [-0.4, -0.2) is 16.9 Å². The van der Waals surface area contributed by atoms with E-state index < -0.39 is 11.8 Å². The van der Waals surface area contributed by atoms with Gasteiger partial charge in [0.2, 0.25) is 0 Å². The quantitative estimate of drug-likeness (QED) is 0.588. The highest BCUT2D eigenvalue weighted by molar-refractivity contribution is 7.80. The molecule has 0 aromatic heterocycles. The molecule has 112 valence electrons. The van der Waals surface area contributed by atoms with Crippen molar-refractivity contribution in [3.05, 3.63) is 60.2 Å². The van der Waals surface area contributed by atoms with E-state index in [1.54, 1.807) is 24.3 Å². The molecule has 0 fully saturated rings. The molecule has 2 rings (SSSR count). The van der Waals surface area contributed by atoms with Gasteiger partial charge in [0.1, 0.15) is 0 Å². The zero-order valence-corrected chi connectivity index (χ0v) is 12.7. The molecule has 0 aliphatic heterocycles. The van der Waals surface area contributed by atoms with Gasteiger partial charge < -0.3 is 10.6 Å². The van der Waals surface area contributed by atoms with Crippen LogP contribution in [0.3, 0.4) is 0 Å². The number of thiocarbonyl (C=S) groups is 1. The van der Waals surface area contributed by atoms with E-state index in [2.05, 4.69) is 16.0 Å². The van der Waals surface area contributed by atoms with E-state index >= 15 is 0 Å². The first-order chi connectivity index (χ1) is 10.5. The average Bonchev–Trinajstić information content (AvgIpc) is 2.50. The minimum absolute atomic E-state index is 0.0667. The van der Waals surface area contributed by atoms with Gasteiger partial charge in [0.05, 0.1) is 0 Å². The number of benzene rings is 2. The number of rotatable bonds is 2. The van der Waals surface area contributed by atoms with Gasteiger partial charge in [0.25, 0.3) is 0 Å². The number of nitrogens with one attached hydrogen (secondary N) is 3. The summed E-state index contributed by atoms with van der Waals surface area (Å²) in [5.74, 6) is -1.60. The third kappa shape index (κ3) is 4.68. The molecule has 0 saturated carbocycles. The third-order valence-corrected chi connectivity index (χ3v) is 2.98. The molecule has 5 nitrogen and oxygen atoms in total. The maximum absolute atomic E-state index is 11.8. The molecule has 6 heteroatoms. The fourth-order valence-corrected chi connectivity index (χ4v) is 1.88. The lowest BCUT2D eigenvalue weighted by Crippen LogP contribution is -2.41. The molecule has 0 atom stereocenters. The summed E-state index contributed by atoms with van der Waals surface area (Å²) in [7, 11) is 0. The molecule has 0 bridgehead atoms. The van der Waals surface area contributed by atoms with Crippen LogP contribution >= 0.6 is 12.2 Å². The van der Waals surface area contributed by atoms with E-state index in [9.17, 15) is 9.59 Å². The predicted molar refractivity (Wildman–Crippen MR) is 90.6 cm³/mol. The number of carbonyl (C=O) groups is 2. The van der Waals surface area contributed by atoms with Crippen molar-refractivity contribution in [1.82, 2.24) is 5.32 Å². The van der Waals surface area contributed by atoms with Gasteiger partial charge in [-0.3, -0.25) is 14.9 Å². The highest BCUT2D eigenvalue weighted by Gasteiger charge is 2.15. The van der Waals surface area contributed by atoms with Gasteiger partial charge in [-0.2, -0.15) is 0 Å². The lowest BCUT2D eigenvalue weighted by Gasteiger charge is -2.10. The topological polar surface area (TPSA) is 70.2 Å². The maximum Gasteiger partial charge on any atom is 0.315 e. The molecule has 3 N–H and O–H groups in total. The Morgan fingerprint density at radius 1 is 0.818 bits per heavy atom. The molecule has 2 amide bonds. The van der Waals surface area contributed by atoms with Crippen LogP contribution in [0.15, 0.2) is 54.6 Å². The van der Waals surface area contributed by atoms with Crippen LogP contribution in [0.25, 0.3) is 0 Å². The molecular weight excluding hydrogens is 298 g/mol. The van der Waals surface area contributed by atoms with E-state index in [4.69, 9.17) is 12.2 Å². The molecule has 2 aromatic carbocycles. The molecule has 22 heavy (non-hydrogen) atoms. The zero-order valence-electron chi connectivity index (χ0n) is 11.9. The normalized spacial score (nSPS) is 9.68. The number of para-hydroxylation sites is 1. The van der Waals surface area contributed by atoms with Gasteiger partial charge >= 0.3 is 11.8 Å². The van der Waals surface area contributed by atoms with E-state index in [1.807, 2.05) is 37.3 Å². The largest absolute Gasteiger partial charge is 0.332 e. The Morgan fingerprint density at radius 3 is 2.05 bits per heavy atom. The van der Waals surface area contributed by atoms with Gasteiger partial charge in [-0.05, 0) is 43.4 Å². The summed E-state index contributed by atoms with van der Waals surface area (Å²) in [5.41, 5.74) is 2.39. The first-order valence-electron chi connectivity index (χ1n) is 6.59. The molecular formula is C16H15N3O2S. The van der Waals surface area contributed by atoms with Gasteiger partial charge in [0, 0.05) is 11.4 Å². The second kappa shape index (κ2) is 7.33. The number of hydrogen-bond donors (Lipinski definition) is 3. The van der Waals surface area contributed by atoms with E-state index in [-0.39, 0.29) is 5.11 Å². The van der Waals surface area contributed by atoms with Crippen LogP contribution < -0.4 is 16.0 Å². The summed E-state index contributed by atoms with van der Waals surface area (Å²) in [5, 5.41) is 7.72. The van der Waals surface area contributed by atoms with Crippen LogP contribution in [0, 0.1) is 6.92 Å². The summed E-state index contributed by atoms with van der Waals surface area (Å²) >= 11 is 5.01. The Labute approximate surface area is 133 Å². The fourth-order valence-electron chi connectivity index (χ4n) is 1.67. The SMILES string of the molecule is Cc1ccc(NC(=S)NC(=O)C(=O)Nc2ccccc2)cc1. The number of anilines is 2. The van der Waals surface area contributed by atoms with Crippen molar-refractivity contribution in [2.45, 2.75) is 6.92 Å². The standard InChI is InChI=1S/C16H15N3O2S/c1-11-7-9-13(10-8-11)18-16(22)19-15(21)14(20)17-12-5-3-2-4-6-12/h2-10H,1H3,(H,17,20)(H2,18,19,21,22). The monoisotopic (exact) mass is 313 g/mol. The van der Waals surface area contributed by atoms with Crippen molar-refractivity contribution in [2.24, 2.45) is 0 Å². The average molecular weight is 313 g/mol. The summed E-state index contributed by atoms with van der Waals surface area (Å²) < 4.78 is 0. The van der Waals surface area contributed by atoms with Gasteiger partial charge in [-0.25, -0.2) is 0 Å². The Kier molecular flexibility index (Phi) is 5.21. The molecule has 0 unspecified atom stereocenters. The molecule has 0 spiro atoms. The highest BCUT2D eigenvalue weighted by atomic mass is 32.1. The van der Waals surface area contributed by atoms with Crippen molar-refractivity contribution in [2.75, 3.05) is 10.6 Å². The maximum atomic E-state index is 11.8. The minimum Gasteiger partial charge on any atom is -0.332 e. The number of hydrogen-bond acceptors (Lipinski definition) is 3. The number of amides is 2.